The molecule has 0 aromatic heterocycles. The van der Waals surface area contributed by atoms with Crippen LogP contribution in [0, 0.1) is 23.2 Å². The van der Waals surface area contributed by atoms with Crippen LogP contribution in [0.1, 0.15) is 12.0 Å². The highest BCUT2D eigenvalue weighted by Gasteiger charge is 2.52. The van der Waals surface area contributed by atoms with E-state index >= 15 is 0 Å². The van der Waals surface area contributed by atoms with Crippen molar-refractivity contribution in [1.29, 1.82) is 5.26 Å². The predicted octanol–water partition coefficient (Wildman–Crippen LogP) is 1.54. The van der Waals surface area contributed by atoms with Gasteiger partial charge >= 0.3 is 0 Å². The molecule has 74 valence electrons. The molecule has 2 fully saturated rings. The van der Waals surface area contributed by atoms with Crippen molar-refractivity contribution in [3.05, 3.63) is 29.8 Å². The van der Waals surface area contributed by atoms with Gasteiger partial charge in [0.1, 0.15) is 0 Å². The number of carbonyl (C=O) groups excluding carboxylic acids is 1. The number of rotatable bonds is 1. The first-order valence-corrected chi connectivity index (χ1v) is 5.11. The smallest absolute Gasteiger partial charge is 0.230 e. The molecule has 3 nitrogen and oxygen atoms in total. The molecular weight excluding hydrogens is 188 g/mol. The molecule has 0 N–H and O–H groups in total. The number of carbonyl (C=O) groups is 1. The molecule has 0 spiro atoms. The maximum absolute atomic E-state index is 11.8. The monoisotopic (exact) mass is 198 g/mol. The number of nitriles is 1. The van der Waals surface area contributed by atoms with Gasteiger partial charge in [0.2, 0.25) is 5.91 Å². The Labute approximate surface area is 87.9 Å². The molecule has 2 atom stereocenters. The second kappa shape index (κ2) is 2.83. The quantitative estimate of drug-likeness (QED) is 0.687. The lowest BCUT2D eigenvalue weighted by Crippen LogP contribution is -2.27. The Balaban J connectivity index is 1.93. The summed E-state index contributed by atoms with van der Waals surface area (Å²) < 4.78 is 0. The van der Waals surface area contributed by atoms with E-state index in [4.69, 9.17) is 5.26 Å². The Morgan fingerprint density at radius 1 is 1.47 bits per heavy atom. The van der Waals surface area contributed by atoms with E-state index in [-0.39, 0.29) is 11.8 Å². The number of anilines is 1. The zero-order valence-corrected chi connectivity index (χ0v) is 8.18. The summed E-state index contributed by atoms with van der Waals surface area (Å²) in [5.74, 6) is 1.08. The molecule has 1 aromatic carbocycles. The lowest BCUT2D eigenvalue weighted by Gasteiger charge is -2.18. The van der Waals surface area contributed by atoms with Gasteiger partial charge in [-0.3, -0.25) is 4.79 Å². The standard InChI is InChI=1S/C12H10N2O/c13-6-8-2-1-3-10(4-8)14-7-9-5-11(9)12(14)15/h1-4,9,11H,5,7H2. The molecule has 0 bridgehead atoms. The summed E-state index contributed by atoms with van der Waals surface area (Å²) in [4.78, 5) is 13.6. The fraction of sp³-hybridized carbons (Fsp3) is 0.333. The highest BCUT2D eigenvalue weighted by atomic mass is 16.2. The van der Waals surface area contributed by atoms with E-state index in [0.717, 1.165) is 18.7 Å². The highest BCUT2D eigenvalue weighted by Crippen LogP contribution is 2.47. The first kappa shape index (κ1) is 8.49. The van der Waals surface area contributed by atoms with E-state index in [9.17, 15) is 4.79 Å². The maximum Gasteiger partial charge on any atom is 0.230 e. The van der Waals surface area contributed by atoms with Gasteiger partial charge in [0.15, 0.2) is 0 Å². The minimum atomic E-state index is 0.232. The fourth-order valence-electron chi connectivity index (χ4n) is 2.25. The van der Waals surface area contributed by atoms with Crippen LogP contribution in [0.25, 0.3) is 0 Å². The normalized spacial score (nSPS) is 27.4. The average molecular weight is 198 g/mol. The van der Waals surface area contributed by atoms with Crippen molar-refractivity contribution in [2.45, 2.75) is 6.42 Å². The van der Waals surface area contributed by atoms with Crippen molar-refractivity contribution in [1.82, 2.24) is 0 Å². The summed E-state index contributed by atoms with van der Waals surface area (Å²) >= 11 is 0. The Hall–Kier alpha value is -1.82. The summed E-state index contributed by atoms with van der Waals surface area (Å²) in [6, 6.07) is 9.34. The van der Waals surface area contributed by atoms with E-state index in [1.165, 1.54) is 0 Å². The van der Waals surface area contributed by atoms with Crippen LogP contribution in [0.3, 0.4) is 0 Å². The van der Waals surface area contributed by atoms with Crippen molar-refractivity contribution >= 4 is 11.6 Å². The van der Waals surface area contributed by atoms with E-state index in [2.05, 4.69) is 6.07 Å². The number of nitrogens with zero attached hydrogens (tertiary/aromatic N) is 2. The fourth-order valence-corrected chi connectivity index (χ4v) is 2.25. The zero-order chi connectivity index (χ0) is 10.4. The van der Waals surface area contributed by atoms with Crippen LogP contribution < -0.4 is 4.90 Å². The molecular formula is C12H10N2O. The van der Waals surface area contributed by atoms with Crippen molar-refractivity contribution in [2.24, 2.45) is 11.8 Å². The van der Waals surface area contributed by atoms with Crippen LogP contribution in [-0.2, 0) is 4.79 Å². The Kier molecular flexibility index (Phi) is 1.60. The number of fused-ring (bicyclic) bond motifs is 1. The van der Waals surface area contributed by atoms with Crippen molar-refractivity contribution in [2.75, 3.05) is 11.4 Å². The molecule has 2 unspecified atom stereocenters. The molecule has 2 aliphatic rings. The summed E-state index contributed by atoms with van der Waals surface area (Å²) in [6.07, 6.45) is 1.06. The minimum Gasteiger partial charge on any atom is -0.312 e. The van der Waals surface area contributed by atoms with Gasteiger partial charge in [0.25, 0.3) is 0 Å². The van der Waals surface area contributed by atoms with Crippen molar-refractivity contribution < 1.29 is 4.79 Å². The topological polar surface area (TPSA) is 44.1 Å². The third-order valence-electron chi connectivity index (χ3n) is 3.21. The van der Waals surface area contributed by atoms with Crippen molar-refractivity contribution in [3.63, 3.8) is 0 Å². The maximum atomic E-state index is 11.8. The SMILES string of the molecule is N#Cc1cccc(N2CC3CC3C2=O)c1. The first-order chi connectivity index (χ1) is 7.29. The number of hydrogen-bond donors (Lipinski definition) is 0. The molecule has 1 aliphatic heterocycles. The van der Waals surface area contributed by atoms with Gasteiger partial charge < -0.3 is 4.90 Å². The summed E-state index contributed by atoms with van der Waals surface area (Å²) in [6.45, 7) is 0.832. The van der Waals surface area contributed by atoms with E-state index in [0.29, 0.717) is 11.5 Å². The van der Waals surface area contributed by atoms with Crippen LogP contribution in [0.5, 0.6) is 0 Å². The molecule has 1 saturated carbocycles. The van der Waals surface area contributed by atoms with Gasteiger partial charge in [-0.1, -0.05) is 6.07 Å². The zero-order valence-electron chi connectivity index (χ0n) is 8.18. The van der Waals surface area contributed by atoms with Crippen LogP contribution in [-0.4, -0.2) is 12.5 Å². The van der Waals surface area contributed by atoms with Gasteiger partial charge in [0.05, 0.1) is 11.6 Å². The van der Waals surface area contributed by atoms with Crippen LogP contribution in [0.2, 0.25) is 0 Å². The van der Waals surface area contributed by atoms with Gasteiger partial charge in [-0.15, -0.1) is 0 Å². The predicted molar refractivity (Wildman–Crippen MR) is 55.1 cm³/mol. The Bertz CT molecular complexity index is 475. The lowest BCUT2D eigenvalue weighted by atomic mass is 10.2. The summed E-state index contributed by atoms with van der Waals surface area (Å²) in [5, 5.41) is 8.78. The van der Waals surface area contributed by atoms with Crippen molar-refractivity contribution in [3.8, 4) is 6.07 Å². The molecule has 1 heterocycles. The third-order valence-corrected chi connectivity index (χ3v) is 3.21. The summed E-state index contributed by atoms with van der Waals surface area (Å²) in [7, 11) is 0. The molecule has 0 radical (unpaired) electrons. The van der Waals surface area contributed by atoms with Gasteiger partial charge in [-0.25, -0.2) is 0 Å². The number of hydrogen-bond acceptors (Lipinski definition) is 2. The molecule has 1 saturated heterocycles. The molecule has 3 heteroatoms. The second-order valence-corrected chi connectivity index (χ2v) is 4.21. The molecule has 1 aromatic rings. The lowest BCUT2D eigenvalue weighted by molar-refractivity contribution is -0.118. The van der Waals surface area contributed by atoms with E-state index in [1.807, 2.05) is 12.1 Å². The van der Waals surface area contributed by atoms with Gasteiger partial charge in [-0.2, -0.15) is 5.26 Å². The number of amides is 1. The van der Waals surface area contributed by atoms with E-state index in [1.54, 1.807) is 17.0 Å². The molecule has 1 aliphatic carbocycles. The number of piperidine rings is 1. The third kappa shape index (κ3) is 1.22. The summed E-state index contributed by atoms with van der Waals surface area (Å²) in [5.41, 5.74) is 1.48. The Morgan fingerprint density at radius 3 is 3.00 bits per heavy atom. The van der Waals surface area contributed by atoms with Gasteiger partial charge in [-0.05, 0) is 30.5 Å². The molecule has 3 rings (SSSR count). The molecule has 1 amide bonds. The van der Waals surface area contributed by atoms with Crippen LogP contribution in [0.15, 0.2) is 24.3 Å². The highest BCUT2D eigenvalue weighted by molar-refractivity contribution is 5.99. The largest absolute Gasteiger partial charge is 0.312 e. The minimum absolute atomic E-state index is 0.232. The van der Waals surface area contributed by atoms with Crippen LogP contribution >= 0.6 is 0 Å². The number of benzene rings is 1. The molecule has 15 heavy (non-hydrogen) atoms. The Morgan fingerprint density at radius 2 is 2.33 bits per heavy atom. The average Bonchev–Trinajstić information content (AvgIpc) is 2.98. The van der Waals surface area contributed by atoms with Gasteiger partial charge in [0, 0.05) is 18.2 Å². The second-order valence-electron chi connectivity index (χ2n) is 4.21. The van der Waals surface area contributed by atoms with Crippen LogP contribution in [0.4, 0.5) is 5.69 Å². The van der Waals surface area contributed by atoms with E-state index < -0.39 is 0 Å². The first-order valence-electron chi connectivity index (χ1n) is 5.11.